The van der Waals surface area contributed by atoms with Crippen LogP contribution < -0.4 is 4.74 Å². The van der Waals surface area contributed by atoms with Gasteiger partial charge in [-0.2, -0.15) is 0 Å². The normalized spacial score (nSPS) is 18.3. The Morgan fingerprint density at radius 2 is 2.27 bits per heavy atom. The fourth-order valence-corrected chi connectivity index (χ4v) is 2.10. The molecule has 0 bridgehead atoms. The van der Waals surface area contributed by atoms with E-state index in [-0.39, 0.29) is 12.0 Å². The second kappa shape index (κ2) is 4.00. The number of aliphatic hydroxyl groups excluding tert-OH is 1. The molecule has 1 heterocycles. The molecule has 0 aliphatic carbocycles. The molecular weight excluding hydrogens is 216 g/mol. The Kier molecular flexibility index (Phi) is 2.87. The van der Waals surface area contributed by atoms with Crippen LogP contribution in [-0.4, -0.2) is 32.0 Å². The van der Waals surface area contributed by atoms with Gasteiger partial charge in [0, 0.05) is 5.02 Å². The molecule has 82 valence electrons. The zero-order chi connectivity index (χ0) is 10.9. The lowest BCUT2D eigenvalue weighted by Crippen LogP contribution is -2.49. The number of rotatable bonds is 3. The second-order valence-corrected chi connectivity index (χ2v) is 4.18. The zero-order valence-electron chi connectivity index (χ0n) is 8.50. The number of aliphatic hydroxyl groups is 1. The van der Waals surface area contributed by atoms with Crippen LogP contribution in [0.15, 0.2) is 18.2 Å². The zero-order valence-corrected chi connectivity index (χ0v) is 9.25. The number of benzene rings is 1. The van der Waals surface area contributed by atoms with Gasteiger partial charge in [0.15, 0.2) is 0 Å². The van der Waals surface area contributed by atoms with E-state index in [2.05, 4.69) is 0 Å². The van der Waals surface area contributed by atoms with Crippen LogP contribution in [0.2, 0.25) is 5.02 Å². The van der Waals surface area contributed by atoms with E-state index in [9.17, 15) is 5.11 Å². The molecule has 0 radical (unpaired) electrons. The average Bonchev–Trinajstić information content (AvgIpc) is 2.19. The molecule has 1 saturated heterocycles. The number of halogens is 1. The summed E-state index contributed by atoms with van der Waals surface area (Å²) >= 11 is 6.14. The van der Waals surface area contributed by atoms with E-state index in [1.807, 2.05) is 12.1 Å². The smallest absolute Gasteiger partial charge is 0.120 e. The van der Waals surface area contributed by atoms with E-state index in [0.29, 0.717) is 18.2 Å². The molecule has 2 rings (SSSR count). The molecule has 1 fully saturated rings. The van der Waals surface area contributed by atoms with Gasteiger partial charge in [-0.25, -0.2) is 0 Å². The maximum Gasteiger partial charge on any atom is 0.120 e. The second-order valence-electron chi connectivity index (χ2n) is 3.78. The van der Waals surface area contributed by atoms with Gasteiger partial charge in [0.1, 0.15) is 5.75 Å². The van der Waals surface area contributed by atoms with Gasteiger partial charge >= 0.3 is 0 Å². The summed E-state index contributed by atoms with van der Waals surface area (Å²) in [5.74, 6) is 0.720. The van der Waals surface area contributed by atoms with Crippen molar-refractivity contribution in [3.8, 4) is 5.75 Å². The van der Waals surface area contributed by atoms with Gasteiger partial charge in [-0.3, -0.25) is 0 Å². The molecule has 0 atom stereocenters. The van der Waals surface area contributed by atoms with E-state index < -0.39 is 0 Å². The molecule has 0 saturated carbocycles. The maximum atomic E-state index is 9.37. The van der Waals surface area contributed by atoms with Crippen LogP contribution >= 0.6 is 11.6 Å². The van der Waals surface area contributed by atoms with Gasteiger partial charge in [-0.1, -0.05) is 17.7 Å². The SMILES string of the molecule is COc1ccc(C2(CO)COC2)c(Cl)c1. The molecule has 0 unspecified atom stereocenters. The first-order valence-corrected chi connectivity index (χ1v) is 5.12. The van der Waals surface area contributed by atoms with Crippen molar-refractivity contribution in [2.24, 2.45) is 0 Å². The summed E-state index contributed by atoms with van der Waals surface area (Å²) in [5.41, 5.74) is 0.613. The van der Waals surface area contributed by atoms with E-state index in [0.717, 1.165) is 11.3 Å². The lowest BCUT2D eigenvalue weighted by Gasteiger charge is -2.40. The fraction of sp³-hybridized carbons (Fsp3) is 0.455. The third-order valence-electron chi connectivity index (χ3n) is 2.81. The standard InChI is InChI=1S/C11H13ClO3/c1-14-8-2-3-9(10(12)4-8)11(5-13)6-15-7-11/h2-4,13H,5-7H2,1H3. The van der Waals surface area contributed by atoms with Gasteiger partial charge < -0.3 is 14.6 Å². The first-order chi connectivity index (χ1) is 7.22. The molecule has 1 aromatic carbocycles. The van der Waals surface area contributed by atoms with Crippen molar-refractivity contribution in [2.75, 3.05) is 26.9 Å². The molecule has 1 aromatic rings. The van der Waals surface area contributed by atoms with Crippen LogP contribution in [-0.2, 0) is 10.2 Å². The lowest BCUT2D eigenvalue weighted by molar-refractivity contribution is -0.0841. The third-order valence-corrected chi connectivity index (χ3v) is 3.12. The van der Waals surface area contributed by atoms with Gasteiger partial charge in [0.25, 0.3) is 0 Å². The monoisotopic (exact) mass is 228 g/mol. The van der Waals surface area contributed by atoms with Crippen LogP contribution in [0.1, 0.15) is 5.56 Å². The molecule has 0 aromatic heterocycles. The summed E-state index contributed by atoms with van der Waals surface area (Å²) in [5, 5.41) is 9.99. The Labute approximate surface area is 93.6 Å². The van der Waals surface area contributed by atoms with Gasteiger partial charge in [-0.15, -0.1) is 0 Å². The first kappa shape index (κ1) is 10.7. The topological polar surface area (TPSA) is 38.7 Å². The quantitative estimate of drug-likeness (QED) is 0.854. The molecular formula is C11H13ClO3. The fourth-order valence-electron chi connectivity index (χ4n) is 1.73. The Morgan fingerprint density at radius 3 is 2.67 bits per heavy atom. The van der Waals surface area contributed by atoms with E-state index in [4.69, 9.17) is 21.1 Å². The number of ether oxygens (including phenoxy) is 2. The minimum Gasteiger partial charge on any atom is -0.497 e. The minimum atomic E-state index is -0.316. The third kappa shape index (κ3) is 1.71. The molecule has 1 aliphatic rings. The predicted octanol–water partition coefficient (Wildman–Crippen LogP) is 1.61. The van der Waals surface area contributed by atoms with Crippen LogP contribution in [0.3, 0.4) is 0 Å². The molecule has 0 amide bonds. The van der Waals surface area contributed by atoms with E-state index in [1.54, 1.807) is 13.2 Å². The van der Waals surface area contributed by atoms with Crippen LogP contribution in [0, 0.1) is 0 Å². The molecule has 4 heteroatoms. The summed E-state index contributed by atoms with van der Waals surface area (Å²) in [7, 11) is 1.60. The summed E-state index contributed by atoms with van der Waals surface area (Å²) in [6, 6.07) is 5.49. The summed E-state index contributed by atoms with van der Waals surface area (Å²) < 4.78 is 10.2. The number of hydrogen-bond donors (Lipinski definition) is 1. The van der Waals surface area contributed by atoms with E-state index >= 15 is 0 Å². The summed E-state index contributed by atoms with van der Waals surface area (Å²) in [6.07, 6.45) is 0. The summed E-state index contributed by atoms with van der Waals surface area (Å²) in [6.45, 7) is 1.10. The Morgan fingerprint density at radius 1 is 1.53 bits per heavy atom. The van der Waals surface area contributed by atoms with Crippen molar-refractivity contribution in [2.45, 2.75) is 5.41 Å². The van der Waals surface area contributed by atoms with Crippen molar-refractivity contribution < 1.29 is 14.6 Å². The minimum absolute atomic E-state index is 0.0546. The molecule has 3 nitrogen and oxygen atoms in total. The highest BCUT2D eigenvalue weighted by Gasteiger charge is 2.41. The largest absolute Gasteiger partial charge is 0.497 e. The highest BCUT2D eigenvalue weighted by Crippen LogP contribution is 2.37. The van der Waals surface area contributed by atoms with Crippen molar-refractivity contribution in [3.63, 3.8) is 0 Å². The first-order valence-electron chi connectivity index (χ1n) is 4.74. The van der Waals surface area contributed by atoms with Crippen LogP contribution in [0.5, 0.6) is 5.75 Å². The maximum absolute atomic E-state index is 9.37. The van der Waals surface area contributed by atoms with Crippen molar-refractivity contribution in [3.05, 3.63) is 28.8 Å². The van der Waals surface area contributed by atoms with Crippen LogP contribution in [0.4, 0.5) is 0 Å². The van der Waals surface area contributed by atoms with Gasteiger partial charge in [0.05, 0.1) is 32.3 Å². The number of methoxy groups -OCH3 is 1. The molecule has 1 N–H and O–H groups in total. The lowest BCUT2D eigenvalue weighted by atomic mass is 9.79. The molecule has 0 spiro atoms. The van der Waals surface area contributed by atoms with Crippen molar-refractivity contribution in [1.82, 2.24) is 0 Å². The highest BCUT2D eigenvalue weighted by molar-refractivity contribution is 6.31. The van der Waals surface area contributed by atoms with Crippen molar-refractivity contribution >= 4 is 11.6 Å². The van der Waals surface area contributed by atoms with E-state index in [1.165, 1.54) is 0 Å². The predicted molar refractivity (Wildman–Crippen MR) is 57.6 cm³/mol. The van der Waals surface area contributed by atoms with Crippen LogP contribution in [0.25, 0.3) is 0 Å². The van der Waals surface area contributed by atoms with Gasteiger partial charge in [-0.05, 0) is 17.7 Å². The Bertz CT molecular complexity index is 355. The average molecular weight is 229 g/mol. The highest BCUT2D eigenvalue weighted by atomic mass is 35.5. The Hall–Kier alpha value is -0.770. The Balaban J connectivity index is 2.36. The summed E-state index contributed by atoms with van der Waals surface area (Å²) in [4.78, 5) is 0. The van der Waals surface area contributed by atoms with Crippen molar-refractivity contribution in [1.29, 1.82) is 0 Å². The van der Waals surface area contributed by atoms with Gasteiger partial charge in [0.2, 0.25) is 0 Å². The molecule has 15 heavy (non-hydrogen) atoms. The molecule has 1 aliphatic heterocycles. The number of hydrogen-bond acceptors (Lipinski definition) is 3.